The second-order valence-electron chi connectivity index (χ2n) is 7.30. The zero-order valence-electron chi connectivity index (χ0n) is 15.4. The van der Waals surface area contributed by atoms with Crippen LogP contribution in [0.5, 0.6) is 0 Å². The van der Waals surface area contributed by atoms with Crippen molar-refractivity contribution in [3.05, 3.63) is 17.0 Å². The maximum absolute atomic E-state index is 11.8. The van der Waals surface area contributed by atoms with Gasteiger partial charge in [0.1, 0.15) is 5.60 Å². The van der Waals surface area contributed by atoms with E-state index in [2.05, 4.69) is 15.3 Å². The Kier molecular flexibility index (Phi) is 5.49. The van der Waals surface area contributed by atoms with Crippen LogP contribution in [0, 0.1) is 13.8 Å². The van der Waals surface area contributed by atoms with E-state index in [1.54, 1.807) is 13.8 Å². The number of nitrogens with one attached hydrogen (secondary N) is 1. The van der Waals surface area contributed by atoms with Gasteiger partial charge in [-0.1, -0.05) is 0 Å². The number of amides is 1. The van der Waals surface area contributed by atoms with Crippen LogP contribution in [0.1, 0.15) is 55.4 Å². The van der Waals surface area contributed by atoms with Gasteiger partial charge in [0.25, 0.3) is 0 Å². The van der Waals surface area contributed by atoms with Crippen LogP contribution < -0.4 is 10.2 Å². The highest BCUT2D eigenvalue weighted by atomic mass is 16.6. The predicted octanol–water partition coefficient (Wildman–Crippen LogP) is 2.29. The number of carbonyl (C=O) groups is 2. The van der Waals surface area contributed by atoms with Gasteiger partial charge < -0.3 is 20.1 Å². The maximum atomic E-state index is 11.8. The fraction of sp³-hybridized carbons (Fsp3) is 0.647. The molecule has 1 saturated heterocycles. The van der Waals surface area contributed by atoms with Crippen molar-refractivity contribution in [3.8, 4) is 0 Å². The molecule has 0 unspecified atom stereocenters. The summed E-state index contributed by atoms with van der Waals surface area (Å²) in [6.45, 7) is 10.2. The molecule has 2 rings (SSSR count). The summed E-state index contributed by atoms with van der Waals surface area (Å²) in [6, 6.07) is 0.0246. The summed E-state index contributed by atoms with van der Waals surface area (Å²) in [5, 5.41) is 12.2. The fourth-order valence-electron chi connectivity index (χ4n) is 2.66. The van der Waals surface area contributed by atoms with E-state index in [-0.39, 0.29) is 11.7 Å². The van der Waals surface area contributed by atoms with Crippen LogP contribution in [0.3, 0.4) is 0 Å². The van der Waals surface area contributed by atoms with Crippen LogP contribution in [0.15, 0.2) is 0 Å². The van der Waals surface area contributed by atoms with Crippen LogP contribution in [-0.2, 0) is 4.74 Å². The average Bonchev–Trinajstić information content (AvgIpc) is 2.48. The van der Waals surface area contributed by atoms with Crippen molar-refractivity contribution in [2.45, 2.75) is 59.1 Å². The number of rotatable bonds is 3. The number of carboxylic acid groups (broad SMARTS) is 1. The largest absolute Gasteiger partial charge is 0.476 e. The summed E-state index contributed by atoms with van der Waals surface area (Å²) < 4.78 is 5.27. The summed E-state index contributed by atoms with van der Waals surface area (Å²) in [6.07, 6.45) is 1.03. The van der Waals surface area contributed by atoms with E-state index >= 15 is 0 Å². The molecule has 0 bridgehead atoms. The fourth-order valence-corrected chi connectivity index (χ4v) is 2.66. The van der Waals surface area contributed by atoms with Gasteiger partial charge >= 0.3 is 12.1 Å². The number of piperidine rings is 1. The Balaban J connectivity index is 1.98. The molecule has 1 fully saturated rings. The molecule has 0 aliphatic carbocycles. The number of carboxylic acids is 1. The van der Waals surface area contributed by atoms with Crippen molar-refractivity contribution in [2.24, 2.45) is 0 Å². The third kappa shape index (κ3) is 5.04. The second-order valence-corrected chi connectivity index (χ2v) is 7.30. The standard InChI is InChI=1S/C17H26N4O4/c1-10-11(2)18-15(20-13(10)14(22)23)21-8-6-12(7-9-21)19-16(24)25-17(3,4)5/h12H,6-9H2,1-5H3,(H,19,24)(H,22,23). The predicted molar refractivity (Wildman–Crippen MR) is 93.1 cm³/mol. The smallest absolute Gasteiger partial charge is 0.407 e. The SMILES string of the molecule is Cc1nc(N2CCC(NC(=O)OC(C)(C)C)CC2)nc(C(=O)O)c1C. The summed E-state index contributed by atoms with van der Waals surface area (Å²) in [4.78, 5) is 33.7. The molecule has 0 radical (unpaired) electrons. The molecular weight excluding hydrogens is 324 g/mol. The molecule has 1 aliphatic rings. The molecule has 25 heavy (non-hydrogen) atoms. The lowest BCUT2D eigenvalue weighted by molar-refractivity contribution is 0.0496. The Bertz CT molecular complexity index is 661. The normalized spacial score (nSPS) is 15.8. The summed E-state index contributed by atoms with van der Waals surface area (Å²) >= 11 is 0. The van der Waals surface area contributed by atoms with Crippen molar-refractivity contribution < 1.29 is 19.4 Å². The van der Waals surface area contributed by atoms with Crippen LogP contribution in [-0.4, -0.2) is 51.9 Å². The number of alkyl carbamates (subject to hydrolysis) is 1. The Morgan fingerprint density at radius 2 is 1.80 bits per heavy atom. The van der Waals surface area contributed by atoms with Crippen molar-refractivity contribution in [1.82, 2.24) is 15.3 Å². The Morgan fingerprint density at radius 3 is 2.32 bits per heavy atom. The van der Waals surface area contributed by atoms with Gasteiger partial charge in [0, 0.05) is 30.4 Å². The lowest BCUT2D eigenvalue weighted by atomic mass is 10.1. The first-order chi connectivity index (χ1) is 11.6. The second kappa shape index (κ2) is 7.25. The molecule has 0 saturated carbocycles. The number of aromatic carboxylic acids is 1. The molecule has 1 amide bonds. The lowest BCUT2D eigenvalue weighted by Gasteiger charge is -2.33. The van der Waals surface area contributed by atoms with Gasteiger partial charge in [-0.05, 0) is 47.5 Å². The summed E-state index contributed by atoms with van der Waals surface area (Å²) in [7, 11) is 0. The van der Waals surface area contributed by atoms with Crippen molar-refractivity contribution in [2.75, 3.05) is 18.0 Å². The number of nitrogens with zero attached hydrogens (tertiary/aromatic N) is 3. The van der Waals surface area contributed by atoms with E-state index in [0.717, 1.165) is 12.8 Å². The zero-order valence-corrected chi connectivity index (χ0v) is 15.4. The van der Waals surface area contributed by atoms with Gasteiger partial charge in [-0.2, -0.15) is 0 Å². The minimum atomic E-state index is -1.05. The molecule has 2 N–H and O–H groups in total. The molecule has 1 aromatic rings. The minimum Gasteiger partial charge on any atom is -0.476 e. The zero-order chi connectivity index (χ0) is 18.8. The molecule has 8 nitrogen and oxygen atoms in total. The molecule has 1 aliphatic heterocycles. The highest BCUT2D eigenvalue weighted by Crippen LogP contribution is 2.20. The number of aromatic nitrogens is 2. The third-order valence-electron chi connectivity index (χ3n) is 4.08. The third-order valence-corrected chi connectivity index (χ3v) is 4.08. The van der Waals surface area contributed by atoms with Crippen LogP contribution in [0.25, 0.3) is 0 Å². The number of carbonyl (C=O) groups excluding carboxylic acids is 1. The van der Waals surface area contributed by atoms with Crippen LogP contribution >= 0.6 is 0 Å². The van der Waals surface area contributed by atoms with Crippen molar-refractivity contribution in [1.29, 1.82) is 0 Å². The van der Waals surface area contributed by atoms with Crippen molar-refractivity contribution >= 4 is 18.0 Å². The van der Waals surface area contributed by atoms with E-state index in [1.165, 1.54) is 0 Å². The number of anilines is 1. The van der Waals surface area contributed by atoms with E-state index in [4.69, 9.17) is 4.74 Å². The molecule has 1 aromatic heterocycles. The minimum absolute atomic E-state index is 0.0246. The highest BCUT2D eigenvalue weighted by Gasteiger charge is 2.26. The number of hydrogen-bond donors (Lipinski definition) is 2. The highest BCUT2D eigenvalue weighted by molar-refractivity contribution is 5.87. The first-order valence-electron chi connectivity index (χ1n) is 8.40. The number of aryl methyl sites for hydroxylation is 1. The van der Waals surface area contributed by atoms with Gasteiger partial charge in [-0.25, -0.2) is 19.6 Å². The van der Waals surface area contributed by atoms with Gasteiger partial charge in [-0.15, -0.1) is 0 Å². The Labute approximate surface area is 147 Å². The van der Waals surface area contributed by atoms with Crippen molar-refractivity contribution in [3.63, 3.8) is 0 Å². The molecule has 2 heterocycles. The van der Waals surface area contributed by atoms with E-state index in [9.17, 15) is 14.7 Å². The first-order valence-corrected chi connectivity index (χ1v) is 8.40. The summed E-state index contributed by atoms with van der Waals surface area (Å²) in [5.74, 6) is -0.623. The van der Waals surface area contributed by atoms with E-state index in [1.807, 2.05) is 25.7 Å². The Morgan fingerprint density at radius 1 is 1.20 bits per heavy atom. The van der Waals surface area contributed by atoms with Gasteiger partial charge in [0.15, 0.2) is 5.69 Å². The average molecular weight is 350 g/mol. The monoisotopic (exact) mass is 350 g/mol. The van der Waals surface area contributed by atoms with Gasteiger partial charge in [0.2, 0.25) is 5.95 Å². The molecule has 138 valence electrons. The van der Waals surface area contributed by atoms with Gasteiger partial charge in [-0.3, -0.25) is 0 Å². The number of hydrogen-bond acceptors (Lipinski definition) is 6. The first kappa shape index (κ1) is 19.0. The quantitative estimate of drug-likeness (QED) is 0.861. The topological polar surface area (TPSA) is 105 Å². The Hall–Kier alpha value is -2.38. The van der Waals surface area contributed by atoms with E-state index in [0.29, 0.717) is 30.3 Å². The number of ether oxygens (including phenoxy) is 1. The lowest BCUT2D eigenvalue weighted by Crippen LogP contribution is -2.46. The van der Waals surface area contributed by atoms with Crippen LogP contribution in [0.4, 0.5) is 10.7 Å². The summed E-state index contributed by atoms with van der Waals surface area (Å²) in [5.41, 5.74) is 0.760. The molecule has 0 spiro atoms. The van der Waals surface area contributed by atoms with E-state index < -0.39 is 17.7 Å². The molecular formula is C17H26N4O4. The molecule has 8 heteroatoms. The maximum Gasteiger partial charge on any atom is 0.407 e. The molecule has 0 atom stereocenters. The molecule has 0 aromatic carbocycles. The van der Waals surface area contributed by atoms with Crippen LogP contribution in [0.2, 0.25) is 0 Å². The van der Waals surface area contributed by atoms with Gasteiger partial charge in [0.05, 0.1) is 0 Å².